The normalized spacial score (nSPS) is 16.4. The van der Waals surface area contributed by atoms with Crippen LogP contribution in [-0.2, 0) is 12.8 Å². The van der Waals surface area contributed by atoms with Crippen LogP contribution in [0.4, 0.5) is 0 Å². The Labute approximate surface area is 291 Å². The summed E-state index contributed by atoms with van der Waals surface area (Å²) in [5.41, 5.74) is 11.3. The fourth-order valence-corrected chi connectivity index (χ4v) is 7.98. The molecule has 0 fully saturated rings. The summed E-state index contributed by atoms with van der Waals surface area (Å²) < 4.78 is 11.3. The summed E-state index contributed by atoms with van der Waals surface area (Å²) in [6.07, 6.45) is 13.4. The van der Waals surface area contributed by atoms with E-state index in [-0.39, 0.29) is 0 Å². The van der Waals surface area contributed by atoms with Crippen molar-refractivity contribution in [2.45, 2.75) is 98.8 Å². The van der Waals surface area contributed by atoms with E-state index in [1.54, 1.807) is 0 Å². The average Bonchev–Trinajstić information content (AvgIpc) is 3.61. The van der Waals surface area contributed by atoms with Gasteiger partial charge in [-0.05, 0) is 119 Å². The van der Waals surface area contributed by atoms with Gasteiger partial charge in [-0.3, -0.25) is 4.57 Å². The number of ether oxygens (including phenoxy) is 1. The van der Waals surface area contributed by atoms with E-state index in [1.807, 2.05) is 12.3 Å². The lowest BCUT2D eigenvalue weighted by atomic mass is 9.74. The molecule has 3 aromatic carbocycles. The minimum atomic E-state index is 0.433. The predicted molar refractivity (Wildman–Crippen MR) is 204 cm³/mol. The van der Waals surface area contributed by atoms with Crippen molar-refractivity contribution in [1.29, 1.82) is 0 Å². The zero-order valence-corrected chi connectivity index (χ0v) is 30.1. The van der Waals surface area contributed by atoms with E-state index < -0.39 is 0 Å². The van der Waals surface area contributed by atoms with Crippen LogP contribution < -0.4 is 4.74 Å². The lowest BCUT2D eigenvalue weighted by Crippen LogP contribution is -2.18. The van der Waals surface area contributed by atoms with Crippen LogP contribution >= 0.6 is 0 Å². The van der Waals surface area contributed by atoms with Crippen LogP contribution in [0.3, 0.4) is 0 Å². The summed E-state index contributed by atoms with van der Waals surface area (Å²) in [6.45, 7) is 13.6. The van der Waals surface area contributed by atoms with Crippen molar-refractivity contribution >= 4 is 21.8 Å². The Hall–Kier alpha value is -4.64. The quantitative estimate of drug-likeness (QED) is 0.131. The Kier molecular flexibility index (Phi) is 9.44. The van der Waals surface area contributed by atoms with Gasteiger partial charge in [0.15, 0.2) is 0 Å². The first-order chi connectivity index (χ1) is 23.9. The smallest absolute Gasteiger partial charge is 0.137 e. The second-order valence-corrected chi connectivity index (χ2v) is 14.2. The Morgan fingerprint density at radius 1 is 0.796 bits per heavy atom. The number of fused-ring (bicyclic) bond motifs is 3. The van der Waals surface area contributed by atoms with E-state index >= 15 is 0 Å². The second kappa shape index (κ2) is 14.1. The maximum Gasteiger partial charge on any atom is 0.137 e. The summed E-state index contributed by atoms with van der Waals surface area (Å²) in [6, 6.07) is 25.7. The summed E-state index contributed by atoms with van der Waals surface area (Å²) in [5, 5.41) is 7.83. The number of unbranched alkanes of at least 4 members (excludes halogenated alkanes) is 2. The predicted octanol–water partition coefficient (Wildman–Crippen LogP) is 11.9. The molecule has 0 saturated carbocycles. The summed E-state index contributed by atoms with van der Waals surface area (Å²) in [7, 11) is 0. The van der Waals surface area contributed by atoms with Crippen molar-refractivity contribution in [2.24, 2.45) is 5.92 Å². The van der Waals surface area contributed by atoms with E-state index in [2.05, 4.69) is 124 Å². The number of para-hydroxylation sites is 1. The molecule has 0 saturated heterocycles. The van der Waals surface area contributed by atoms with Gasteiger partial charge in [-0.1, -0.05) is 63.5 Å². The molecule has 0 aliphatic heterocycles. The highest BCUT2D eigenvalue weighted by atomic mass is 16.5. The molecule has 49 heavy (non-hydrogen) atoms. The second-order valence-electron chi connectivity index (χ2n) is 14.2. The monoisotopic (exact) mass is 650 g/mol. The Bertz CT molecular complexity index is 2150. The third-order valence-electron chi connectivity index (χ3n) is 10.4. The highest BCUT2D eigenvalue weighted by molar-refractivity contribution is 6.09. The molecule has 3 aromatic heterocycles. The summed E-state index contributed by atoms with van der Waals surface area (Å²) in [4.78, 5) is 4.76. The van der Waals surface area contributed by atoms with E-state index in [0.717, 1.165) is 78.1 Å². The van der Waals surface area contributed by atoms with Gasteiger partial charge in [0.05, 0.1) is 22.4 Å². The van der Waals surface area contributed by atoms with Gasteiger partial charge in [0, 0.05) is 46.3 Å². The first-order valence-corrected chi connectivity index (χ1v) is 18.4. The van der Waals surface area contributed by atoms with Crippen molar-refractivity contribution < 1.29 is 4.74 Å². The lowest BCUT2D eigenvalue weighted by Gasteiger charge is -2.30. The number of hydrogen-bond donors (Lipinski definition) is 0. The highest BCUT2D eigenvalue weighted by Gasteiger charge is 2.31. The SMILES string of the molecule is CCCCc1nn(-c2cc(C)cc(Oc3ccc4c5ccccc5n(-c5cc(C)ccn5)c4c3)c2)c(CCCC)c1C1C(C)=CCC[C@@H]1C. The topological polar surface area (TPSA) is 44.9 Å². The molecule has 0 spiro atoms. The third-order valence-corrected chi connectivity index (χ3v) is 10.4. The van der Waals surface area contributed by atoms with Gasteiger partial charge in [0.2, 0.25) is 0 Å². The van der Waals surface area contributed by atoms with Gasteiger partial charge in [0.25, 0.3) is 0 Å². The van der Waals surface area contributed by atoms with Crippen LogP contribution in [0.25, 0.3) is 33.3 Å². The zero-order valence-electron chi connectivity index (χ0n) is 30.1. The number of aromatic nitrogens is 4. The molecule has 3 heterocycles. The van der Waals surface area contributed by atoms with E-state index in [0.29, 0.717) is 11.8 Å². The summed E-state index contributed by atoms with van der Waals surface area (Å²) >= 11 is 0. The maximum absolute atomic E-state index is 6.73. The fourth-order valence-electron chi connectivity index (χ4n) is 7.98. The Balaban J connectivity index is 1.32. The minimum absolute atomic E-state index is 0.433. The number of rotatable bonds is 11. The van der Waals surface area contributed by atoms with Crippen LogP contribution in [0.5, 0.6) is 11.5 Å². The van der Waals surface area contributed by atoms with Crippen LogP contribution in [0.2, 0.25) is 0 Å². The van der Waals surface area contributed by atoms with Crippen molar-refractivity contribution in [1.82, 2.24) is 19.3 Å². The molecule has 0 N–H and O–H groups in total. The fraction of sp³-hybridized carbons (Fsp3) is 0.364. The highest BCUT2D eigenvalue weighted by Crippen LogP contribution is 2.43. The Morgan fingerprint density at radius 2 is 1.59 bits per heavy atom. The van der Waals surface area contributed by atoms with Gasteiger partial charge in [-0.25, -0.2) is 9.67 Å². The van der Waals surface area contributed by atoms with Gasteiger partial charge in [-0.2, -0.15) is 5.10 Å². The molecule has 1 aliphatic carbocycles. The van der Waals surface area contributed by atoms with Crippen molar-refractivity contribution in [3.63, 3.8) is 0 Å². The number of nitrogens with zero attached hydrogens (tertiary/aromatic N) is 4. The molecule has 5 heteroatoms. The van der Waals surface area contributed by atoms with Crippen molar-refractivity contribution in [3.05, 3.63) is 119 Å². The average molecular weight is 651 g/mol. The van der Waals surface area contributed by atoms with Gasteiger partial charge < -0.3 is 4.74 Å². The number of pyridine rings is 1. The molecule has 1 unspecified atom stereocenters. The molecule has 252 valence electrons. The molecule has 7 rings (SSSR count). The molecule has 5 nitrogen and oxygen atoms in total. The molecule has 6 aromatic rings. The van der Waals surface area contributed by atoms with E-state index in [1.165, 1.54) is 51.7 Å². The molecular weight excluding hydrogens is 601 g/mol. The zero-order chi connectivity index (χ0) is 34.1. The first-order valence-electron chi connectivity index (χ1n) is 18.4. The largest absolute Gasteiger partial charge is 0.457 e. The number of aryl methyl sites for hydroxylation is 3. The van der Waals surface area contributed by atoms with Crippen LogP contribution in [0.15, 0.2) is 90.6 Å². The van der Waals surface area contributed by atoms with Crippen molar-refractivity contribution in [2.75, 3.05) is 0 Å². The van der Waals surface area contributed by atoms with Crippen LogP contribution in [-0.4, -0.2) is 19.3 Å². The molecule has 0 bridgehead atoms. The van der Waals surface area contributed by atoms with E-state index in [4.69, 9.17) is 14.8 Å². The number of allylic oxidation sites excluding steroid dienone is 2. The molecule has 0 radical (unpaired) electrons. The first kappa shape index (κ1) is 32.9. The summed E-state index contributed by atoms with van der Waals surface area (Å²) in [5.74, 6) is 3.57. The molecular formula is C44H50N4O. The van der Waals surface area contributed by atoms with Gasteiger partial charge >= 0.3 is 0 Å². The Morgan fingerprint density at radius 3 is 2.39 bits per heavy atom. The lowest BCUT2D eigenvalue weighted by molar-refractivity contribution is 0.445. The van der Waals surface area contributed by atoms with Crippen molar-refractivity contribution in [3.8, 4) is 23.0 Å². The van der Waals surface area contributed by atoms with Gasteiger partial charge in [-0.15, -0.1) is 0 Å². The van der Waals surface area contributed by atoms with Gasteiger partial charge in [0.1, 0.15) is 17.3 Å². The minimum Gasteiger partial charge on any atom is -0.457 e. The molecule has 2 atom stereocenters. The number of hydrogen-bond acceptors (Lipinski definition) is 3. The van der Waals surface area contributed by atoms with E-state index in [9.17, 15) is 0 Å². The van der Waals surface area contributed by atoms with Crippen LogP contribution in [0.1, 0.15) is 100 Å². The molecule has 0 amide bonds. The standard InChI is InChI=1S/C44H50N4O/c1-7-9-17-38-44(43-31(5)14-13-15-32(43)6)40(18-10-8-2)48(46-38)33-24-30(4)25-35(27-33)49-34-20-21-37-36-16-11-12-19-39(36)47(41(37)28-34)42-26-29(3)22-23-45-42/h11-12,14,16,19-28,32,43H,7-10,13,15,17-18H2,1-6H3/t32-,43?/m0/s1. The third kappa shape index (κ3) is 6.44. The maximum atomic E-state index is 6.73. The number of benzene rings is 3. The van der Waals surface area contributed by atoms with Crippen LogP contribution in [0, 0.1) is 19.8 Å². The molecule has 1 aliphatic rings.